The number of rotatable bonds is 13. The number of aliphatic carboxylic acids is 2. The molecule has 1 aromatic heterocycles. The Morgan fingerprint density at radius 2 is 1.98 bits per heavy atom. The van der Waals surface area contributed by atoms with Crippen LogP contribution in [-0.2, 0) is 24.0 Å². The first-order chi connectivity index (χ1) is 23.2. The van der Waals surface area contributed by atoms with Crippen molar-refractivity contribution in [1.82, 2.24) is 20.5 Å². The van der Waals surface area contributed by atoms with Crippen molar-refractivity contribution in [3.8, 4) is 11.5 Å². The second-order valence-electron chi connectivity index (χ2n) is 11.6. The van der Waals surface area contributed by atoms with E-state index in [9.17, 15) is 39.3 Å². The number of β-lactam (4-membered cyclic amide) rings is 1. The molecule has 0 bridgehead atoms. The Balaban J connectivity index is 1.29. The topological polar surface area (TPSA) is 257 Å². The van der Waals surface area contributed by atoms with Crippen LogP contribution in [-0.4, -0.2) is 121 Å². The molecule has 0 spiro atoms. The van der Waals surface area contributed by atoms with Crippen LogP contribution in [0.1, 0.15) is 35.8 Å². The molecule has 2 saturated heterocycles. The molecule has 17 nitrogen and oxygen atoms in total. The Labute approximate surface area is 291 Å². The molecular formula is C29H32ClN7O10S2. The molecule has 3 aliphatic rings. The average Bonchev–Trinajstić information content (AvgIpc) is 3.71. The van der Waals surface area contributed by atoms with E-state index in [1.165, 1.54) is 30.1 Å². The van der Waals surface area contributed by atoms with E-state index in [4.69, 9.17) is 27.3 Å². The Morgan fingerprint density at radius 3 is 2.61 bits per heavy atom. The van der Waals surface area contributed by atoms with E-state index in [1.54, 1.807) is 0 Å². The third-order valence-electron chi connectivity index (χ3n) is 8.41. The van der Waals surface area contributed by atoms with Gasteiger partial charge in [-0.15, -0.1) is 23.1 Å². The smallest absolute Gasteiger partial charge is 0.347 e. The van der Waals surface area contributed by atoms with Crippen LogP contribution in [0.5, 0.6) is 11.5 Å². The number of amides is 3. The fourth-order valence-corrected chi connectivity index (χ4v) is 8.01. The first-order valence-corrected chi connectivity index (χ1v) is 17.2. The number of thioether (sulfide) groups is 1. The number of hydrogen-bond acceptors (Lipinski definition) is 14. The largest absolute Gasteiger partial charge is 0.543 e. The number of hydrogen-bond donors (Lipinski definition) is 6. The van der Waals surface area contributed by atoms with Crippen molar-refractivity contribution in [2.24, 2.45) is 5.16 Å². The van der Waals surface area contributed by atoms with Gasteiger partial charge in [0.25, 0.3) is 17.7 Å². The molecule has 20 heteroatoms. The standard InChI is InChI=1S/C29H32ClN7O10S2/c1-13(27(43)44)47-35-19(16-12-49-29(31)33-16)24(41)34-20-25(42)36-21(28(45)46)14(11-48-26(20)36)10-37(7-2-3-8-37)9-6-32-23(40)15-4-5-17(38)22(39)18(15)30/h4-5,12-13,20,26H,2-3,6-11H2,1H3,(H7-,31,32,33,34,35,38,39,40,41,43,44,45,46)/t13-,20-,26-/m1/s1. The van der Waals surface area contributed by atoms with Gasteiger partial charge in [0.2, 0.25) is 6.10 Å². The second-order valence-corrected chi connectivity index (χ2v) is 14.0. The fourth-order valence-electron chi connectivity index (χ4n) is 5.88. The summed E-state index contributed by atoms with van der Waals surface area (Å²) in [6.07, 6.45) is 0.346. The summed E-state index contributed by atoms with van der Waals surface area (Å²) in [4.78, 5) is 73.1. The van der Waals surface area contributed by atoms with Gasteiger partial charge in [-0.2, -0.15) is 0 Å². The molecule has 0 aliphatic carbocycles. The minimum absolute atomic E-state index is 0.00440. The number of benzene rings is 1. The van der Waals surface area contributed by atoms with Crippen molar-refractivity contribution in [2.75, 3.05) is 44.2 Å². The van der Waals surface area contributed by atoms with Crippen LogP contribution in [0.25, 0.3) is 0 Å². The molecule has 0 saturated carbocycles. The predicted molar refractivity (Wildman–Crippen MR) is 174 cm³/mol. The molecule has 2 aromatic rings. The number of nitrogen functional groups attached to an aromatic ring is 1. The molecule has 0 radical (unpaired) electrons. The number of likely N-dealkylation sites (tertiary alicyclic amines) is 1. The molecule has 7 N–H and O–H groups in total. The number of carboxylic acid groups (broad SMARTS) is 2. The number of phenolic OH excluding ortho intramolecular Hbond substituents is 2. The Hall–Kier alpha value is -4.59. The van der Waals surface area contributed by atoms with E-state index in [0.717, 1.165) is 35.1 Å². The van der Waals surface area contributed by atoms with Crippen LogP contribution in [0.3, 0.4) is 0 Å². The maximum absolute atomic E-state index is 13.4. The Morgan fingerprint density at radius 1 is 1.27 bits per heavy atom. The molecule has 1 aromatic carbocycles. The normalized spacial score (nSPS) is 20.7. The number of aromatic nitrogens is 1. The SMILES string of the molecule is C[C@@H](O/N=C(\C(=O)N[C@@H]1C(=O)N2C(C(=O)[O-])=C(C[N+]3(CCNC(=O)c4ccc(O)c(O)c4Cl)CCCC3)CS[C@H]12)c1csc(N)n1)C(=O)O. The highest BCUT2D eigenvalue weighted by atomic mass is 35.5. The summed E-state index contributed by atoms with van der Waals surface area (Å²) in [7, 11) is 0. The van der Waals surface area contributed by atoms with Crippen molar-refractivity contribution < 1.29 is 53.7 Å². The monoisotopic (exact) mass is 737 g/mol. The summed E-state index contributed by atoms with van der Waals surface area (Å²) < 4.78 is 0.444. The van der Waals surface area contributed by atoms with E-state index in [1.807, 2.05) is 0 Å². The summed E-state index contributed by atoms with van der Waals surface area (Å²) in [6, 6.07) is 1.30. The van der Waals surface area contributed by atoms with Crippen LogP contribution in [0.2, 0.25) is 5.02 Å². The first kappa shape index (κ1) is 35.7. The van der Waals surface area contributed by atoms with E-state index < -0.39 is 64.4 Å². The molecule has 2 fully saturated rings. The molecule has 262 valence electrons. The van der Waals surface area contributed by atoms with Crippen molar-refractivity contribution in [1.29, 1.82) is 0 Å². The fraction of sp³-hybridized carbons (Fsp3) is 0.414. The number of anilines is 1. The zero-order valence-electron chi connectivity index (χ0n) is 25.9. The van der Waals surface area contributed by atoms with Crippen LogP contribution in [0, 0.1) is 0 Å². The third-order valence-corrected chi connectivity index (χ3v) is 10.8. The molecule has 0 unspecified atom stereocenters. The van der Waals surface area contributed by atoms with Gasteiger partial charge >= 0.3 is 5.97 Å². The van der Waals surface area contributed by atoms with E-state index in [2.05, 4.69) is 20.8 Å². The van der Waals surface area contributed by atoms with Gasteiger partial charge in [0, 0.05) is 29.5 Å². The van der Waals surface area contributed by atoms with Gasteiger partial charge in [0.15, 0.2) is 22.3 Å². The van der Waals surface area contributed by atoms with Crippen LogP contribution < -0.4 is 21.5 Å². The number of quaternary nitrogens is 1. The van der Waals surface area contributed by atoms with E-state index in [-0.39, 0.29) is 46.0 Å². The van der Waals surface area contributed by atoms with Gasteiger partial charge in [-0.3, -0.25) is 19.3 Å². The van der Waals surface area contributed by atoms with Crippen molar-refractivity contribution in [3.05, 3.63) is 45.1 Å². The van der Waals surface area contributed by atoms with Crippen molar-refractivity contribution in [2.45, 2.75) is 37.3 Å². The first-order valence-electron chi connectivity index (χ1n) is 14.9. The molecule has 3 atom stereocenters. The van der Waals surface area contributed by atoms with Crippen LogP contribution >= 0.6 is 34.7 Å². The summed E-state index contributed by atoms with van der Waals surface area (Å²) >= 11 is 8.29. The zero-order valence-corrected chi connectivity index (χ0v) is 28.3. The number of halogens is 1. The van der Waals surface area contributed by atoms with E-state index in [0.29, 0.717) is 29.7 Å². The highest BCUT2D eigenvalue weighted by molar-refractivity contribution is 8.00. The predicted octanol–water partition coefficient (Wildman–Crippen LogP) is -0.572. The maximum atomic E-state index is 13.4. The van der Waals surface area contributed by atoms with Crippen molar-refractivity contribution in [3.63, 3.8) is 0 Å². The number of carbonyl (C=O) groups is 5. The number of fused-ring (bicyclic) bond motifs is 1. The minimum atomic E-state index is -1.54. The van der Waals surface area contributed by atoms with Gasteiger partial charge in [0.05, 0.1) is 48.4 Å². The number of oxime groups is 1. The number of thiazole rings is 1. The van der Waals surface area contributed by atoms with Gasteiger partial charge in [0.1, 0.15) is 23.7 Å². The number of carboxylic acids is 2. The Kier molecular flexibility index (Phi) is 10.6. The van der Waals surface area contributed by atoms with Crippen LogP contribution in [0.15, 0.2) is 33.9 Å². The lowest BCUT2D eigenvalue weighted by atomic mass is 10.0. The highest BCUT2D eigenvalue weighted by Gasteiger charge is 2.54. The summed E-state index contributed by atoms with van der Waals surface area (Å²) in [5.41, 5.74) is 5.47. The average molecular weight is 738 g/mol. The zero-order chi connectivity index (χ0) is 35.6. The summed E-state index contributed by atoms with van der Waals surface area (Å²) in [5, 5.41) is 50.5. The van der Waals surface area contributed by atoms with Crippen LogP contribution in [0.4, 0.5) is 5.13 Å². The number of nitrogens with two attached hydrogens (primary N) is 1. The number of aromatic hydroxyl groups is 2. The maximum Gasteiger partial charge on any atom is 0.347 e. The molecule has 49 heavy (non-hydrogen) atoms. The highest BCUT2D eigenvalue weighted by Crippen LogP contribution is 2.41. The van der Waals surface area contributed by atoms with E-state index >= 15 is 0 Å². The van der Waals surface area contributed by atoms with Crippen molar-refractivity contribution >= 4 is 75.2 Å². The van der Waals surface area contributed by atoms with Gasteiger partial charge in [-0.1, -0.05) is 16.8 Å². The lowest BCUT2D eigenvalue weighted by Crippen LogP contribution is -2.72. The molecule has 4 heterocycles. The van der Waals surface area contributed by atoms with Gasteiger partial charge < -0.3 is 50.9 Å². The number of carbonyl (C=O) groups excluding carboxylic acids is 4. The second kappa shape index (κ2) is 14.5. The quantitative estimate of drug-likeness (QED) is 0.0496. The molecule has 3 aliphatic heterocycles. The summed E-state index contributed by atoms with van der Waals surface area (Å²) in [5.74, 6) is -5.86. The molecule has 5 rings (SSSR count). The number of phenols is 2. The van der Waals surface area contributed by atoms with Gasteiger partial charge in [-0.05, 0) is 19.1 Å². The molecule has 3 amide bonds. The molecular weight excluding hydrogens is 706 g/mol. The lowest BCUT2D eigenvalue weighted by Gasteiger charge is -2.51. The third kappa shape index (κ3) is 7.38. The minimum Gasteiger partial charge on any atom is -0.543 e. The number of nitrogens with zero attached hydrogens (tertiary/aromatic N) is 4. The van der Waals surface area contributed by atoms with Gasteiger partial charge in [-0.25, -0.2) is 9.78 Å². The lowest BCUT2D eigenvalue weighted by molar-refractivity contribution is -0.911. The Bertz CT molecular complexity index is 1760. The summed E-state index contributed by atoms with van der Waals surface area (Å²) in [6.45, 7) is 3.52. The number of nitrogens with one attached hydrogen (secondary N) is 2.